The molecule has 1 N–H and O–H groups in total. The van der Waals surface area contributed by atoms with Crippen LogP contribution in [-0.4, -0.2) is 40.0 Å². The van der Waals surface area contributed by atoms with E-state index in [1.165, 1.54) is 0 Å². The highest BCUT2D eigenvalue weighted by Crippen LogP contribution is 2.26. The van der Waals surface area contributed by atoms with Crippen LogP contribution in [0.25, 0.3) is 22.2 Å². The number of H-pyrrole nitrogens is 1. The number of aromatic amines is 1. The van der Waals surface area contributed by atoms with Crippen LogP contribution < -0.4 is 15.7 Å². The van der Waals surface area contributed by atoms with Crippen molar-refractivity contribution >= 4 is 26.8 Å². The van der Waals surface area contributed by atoms with E-state index in [-0.39, 0.29) is 21.7 Å². The molecule has 0 atom stereocenters. The second-order valence-corrected chi connectivity index (χ2v) is 9.11. The first kappa shape index (κ1) is 22.5. The molecule has 0 radical (unpaired) electrons. The number of hydrogen-bond donors (Lipinski definition) is 1. The number of nitrogens with zero attached hydrogens (tertiary/aromatic N) is 4. The Morgan fingerprint density at radius 2 is 1.94 bits per heavy atom. The molecule has 2 aromatic heterocycles. The molecule has 166 valence electrons. The van der Waals surface area contributed by atoms with Crippen LogP contribution in [0.4, 0.5) is 0 Å². The van der Waals surface area contributed by atoms with Gasteiger partial charge in [-0.05, 0) is 36.6 Å². The van der Waals surface area contributed by atoms with Gasteiger partial charge in [0.25, 0.3) is 21.5 Å². The van der Waals surface area contributed by atoms with Crippen molar-refractivity contribution in [1.29, 1.82) is 0 Å². The number of nitrogens with one attached hydrogen (secondary N) is 1. The van der Waals surface area contributed by atoms with Crippen molar-refractivity contribution in [2.75, 3.05) is 10.7 Å². The van der Waals surface area contributed by atoms with E-state index in [4.69, 9.17) is 0 Å². The number of sulfonamides is 1. The molecule has 11 heteroatoms. The van der Waals surface area contributed by atoms with Crippen molar-refractivity contribution in [3.8, 4) is 11.3 Å². The van der Waals surface area contributed by atoms with Gasteiger partial charge in [-0.25, -0.2) is 13.2 Å². The fraction of sp³-hybridized carbons (Fsp3) is 0.400. The van der Waals surface area contributed by atoms with Crippen LogP contribution in [0.15, 0.2) is 34.0 Å². The molecule has 0 aliphatic heterocycles. The molecule has 0 saturated heterocycles. The van der Waals surface area contributed by atoms with Gasteiger partial charge >= 0.3 is 5.69 Å². The summed E-state index contributed by atoms with van der Waals surface area (Å²) in [5.74, 6) is -0.840. The summed E-state index contributed by atoms with van der Waals surface area (Å²) in [5.41, 5.74) is 0.748. The Kier molecular flexibility index (Phi) is 6.16. The van der Waals surface area contributed by atoms with Gasteiger partial charge in [0.05, 0.1) is 22.9 Å². The molecular weight excluding hydrogens is 422 g/mol. The van der Waals surface area contributed by atoms with Gasteiger partial charge in [-0.3, -0.25) is 14.3 Å². The zero-order valence-electron chi connectivity index (χ0n) is 17.9. The van der Waals surface area contributed by atoms with Crippen molar-refractivity contribution in [2.45, 2.75) is 39.5 Å². The Hall–Kier alpha value is -3.21. The maximum absolute atomic E-state index is 13.3. The van der Waals surface area contributed by atoms with Crippen molar-refractivity contribution in [3.63, 3.8) is 0 Å². The molecule has 0 unspecified atom stereocenters. The summed E-state index contributed by atoms with van der Waals surface area (Å²) in [6, 6.07) is 5.08. The lowest BCUT2D eigenvalue weighted by molar-refractivity contribution is -0.118. The van der Waals surface area contributed by atoms with Crippen molar-refractivity contribution in [1.82, 2.24) is 19.4 Å². The van der Waals surface area contributed by atoms with Crippen LogP contribution in [0.3, 0.4) is 0 Å². The minimum atomic E-state index is -4.22. The van der Waals surface area contributed by atoms with Crippen molar-refractivity contribution < 1.29 is 13.2 Å². The molecule has 0 saturated carbocycles. The number of carbonyl (C=O) groups is 1. The quantitative estimate of drug-likeness (QED) is 0.581. The molecule has 0 aliphatic carbocycles. The molecule has 3 rings (SSSR count). The van der Waals surface area contributed by atoms with E-state index in [1.54, 1.807) is 36.1 Å². The van der Waals surface area contributed by atoms with E-state index in [9.17, 15) is 22.8 Å². The van der Waals surface area contributed by atoms with Gasteiger partial charge in [-0.1, -0.05) is 20.3 Å². The molecule has 1 aromatic carbocycles. The number of aryl methyl sites for hydroxylation is 2. The van der Waals surface area contributed by atoms with Gasteiger partial charge in [-0.2, -0.15) is 5.10 Å². The summed E-state index contributed by atoms with van der Waals surface area (Å²) in [6.07, 6.45) is 4.01. The minimum Gasteiger partial charge on any atom is -0.305 e. The number of benzene rings is 1. The van der Waals surface area contributed by atoms with Gasteiger partial charge in [-0.15, -0.1) is 9.09 Å². The summed E-state index contributed by atoms with van der Waals surface area (Å²) in [6.45, 7) is 3.79. The third-order valence-electron chi connectivity index (χ3n) is 5.03. The summed E-state index contributed by atoms with van der Waals surface area (Å²) >= 11 is 0. The van der Waals surface area contributed by atoms with Crippen molar-refractivity contribution in [2.24, 2.45) is 7.05 Å². The topological polar surface area (TPSA) is 127 Å². The minimum absolute atomic E-state index is 0.0879. The first-order chi connectivity index (χ1) is 14.6. The third-order valence-corrected chi connectivity index (χ3v) is 6.03. The van der Waals surface area contributed by atoms with Gasteiger partial charge < -0.3 is 4.98 Å². The molecule has 0 aliphatic rings. The first-order valence-electron chi connectivity index (χ1n) is 9.93. The summed E-state index contributed by atoms with van der Waals surface area (Å²) in [7, 11) is -2.46. The molecule has 31 heavy (non-hydrogen) atoms. The maximum atomic E-state index is 13.3. The van der Waals surface area contributed by atoms with Crippen LogP contribution in [0, 0.1) is 0 Å². The SMILES string of the molecule is CCCCC(=O)N(n1c(=O)[nH]c2cc(CC)c(-c3ccnn3C)cc2c1=O)S(C)(=O)=O. The fourth-order valence-corrected chi connectivity index (χ4v) is 4.41. The third kappa shape index (κ3) is 4.18. The number of fused-ring (bicyclic) bond motifs is 1. The molecule has 0 fully saturated rings. The number of amides is 1. The highest BCUT2D eigenvalue weighted by Gasteiger charge is 2.29. The second kappa shape index (κ2) is 8.50. The van der Waals surface area contributed by atoms with Gasteiger partial charge in [0.1, 0.15) is 0 Å². The van der Waals surface area contributed by atoms with E-state index >= 15 is 0 Å². The molecule has 3 aromatic rings. The highest BCUT2D eigenvalue weighted by atomic mass is 32.2. The lowest BCUT2D eigenvalue weighted by Crippen LogP contribution is -2.55. The Balaban J connectivity index is 2.33. The summed E-state index contributed by atoms with van der Waals surface area (Å²) < 4.78 is 27.0. The molecule has 10 nitrogen and oxygen atoms in total. The van der Waals surface area contributed by atoms with Crippen LogP contribution in [0.5, 0.6) is 0 Å². The van der Waals surface area contributed by atoms with Gasteiger partial charge in [0, 0.05) is 25.2 Å². The van der Waals surface area contributed by atoms with E-state index in [0.717, 1.165) is 23.1 Å². The smallest absolute Gasteiger partial charge is 0.305 e. The predicted octanol–water partition coefficient (Wildman–Crippen LogP) is 1.27. The average molecular weight is 448 g/mol. The van der Waals surface area contributed by atoms with Crippen LogP contribution in [-0.2, 0) is 28.3 Å². The molecule has 0 spiro atoms. The number of unbranched alkanes of at least 4 members (excludes halogenated alkanes) is 1. The molecule has 1 amide bonds. The standard InChI is InChI=1S/C20H25N5O5S/c1-5-7-8-18(26)25(31(4,29)30)24-19(27)15-12-14(17-9-10-21-23(17)3)13(6-2)11-16(15)22-20(24)28/h9-12H,5-8H2,1-4H3,(H,22,28). The Labute approximate surface area is 179 Å². The number of hydrogen-bond acceptors (Lipinski definition) is 6. The molecule has 0 bridgehead atoms. The lowest BCUT2D eigenvalue weighted by atomic mass is 10.00. The van der Waals surface area contributed by atoms with Crippen molar-refractivity contribution in [3.05, 3.63) is 50.8 Å². The van der Waals surface area contributed by atoms with E-state index in [1.807, 2.05) is 13.8 Å². The van der Waals surface area contributed by atoms with Crippen LogP contribution in [0.1, 0.15) is 38.7 Å². The van der Waals surface area contributed by atoms with E-state index in [0.29, 0.717) is 23.9 Å². The second-order valence-electron chi connectivity index (χ2n) is 7.30. The summed E-state index contributed by atoms with van der Waals surface area (Å²) in [5, 5.41) is 4.25. The summed E-state index contributed by atoms with van der Waals surface area (Å²) in [4.78, 5) is 41.2. The zero-order chi connectivity index (χ0) is 22.9. The number of aromatic nitrogens is 4. The van der Waals surface area contributed by atoms with Crippen LogP contribution in [0.2, 0.25) is 0 Å². The Morgan fingerprint density at radius 3 is 2.48 bits per heavy atom. The Morgan fingerprint density at radius 1 is 1.23 bits per heavy atom. The zero-order valence-corrected chi connectivity index (χ0v) is 18.7. The fourth-order valence-electron chi connectivity index (χ4n) is 3.50. The lowest BCUT2D eigenvalue weighted by Gasteiger charge is -2.21. The normalized spacial score (nSPS) is 11.7. The van der Waals surface area contributed by atoms with E-state index in [2.05, 4.69) is 10.1 Å². The number of rotatable bonds is 7. The maximum Gasteiger partial charge on any atom is 0.349 e. The van der Waals surface area contributed by atoms with Gasteiger partial charge in [0.15, 0.2) is 0 Å². The number of carbonyl (C=O) groups excluding carboxylic acids is 1. The highest BCUT2D eigenvalue weighted by molar-refractivity contribution is 7.92. The Bertz CT molecular complexity index is 1370. The monoisotopic (exact) mass is 447 g/mol. The first-order valence-corrected chi connectivity index (χ1v) is 11.8. The van der Waals surface area contributed by atoms with Gasteiger partial charge in [0.2, 0.25) is 0 Å². The predicted molar refractivity (Wildman–Crippen MR) is 118 cm³/mol. The van der Waals surface area contributed by atoms with E-state index < -0.39 is 27.2 Å². The molecule has 2 heterocycles. The molecular formula is C20H25N5O5S. The average Bonchev–Trinajstić information content (AvgIpc) is 3.13. The van der Waals surface area contributed by atoms with Crippen LogP contribution >= 0.6 is 0 Å². The largest absolute Gasteiger partial charge is 0.349 e.